The number of ether oxygens (including phenoxy) is 1. The first kappa shape index (κ1) is 19.7. The number of unbranched alkanes of at least 4 members (excludes halogenated alkanes) is 10. The minimum atomic E-state index is -0.687. The van der Waals surface area contributed by atoms with Gasteiger partial charge in [-0.05, 0) is 12.8 Å². The third kappa shape index (κ3) is 16.6. The van der Waals surface area contributed by atoms with Crippen molar-refractivity contribution < 1.29 is 19.4 Å². The Kier molecular flexibility index (Phi) is 14.1. The number of carbonyl (C=O) groups is 2. The molecular formula is C17H30O4. The number of hydrogen-bond acceptors (Lipinski definition) is 3. The molecule has 0 aliphatic carbocycles. The van der Waals surface area contributed by atoms with Crippen LogP contribution in [0.1, 0.15) is 83.5 Å². The maximum Gasteiger partial charge on any atom is 0.310 e. The van der Waals surface area contributed by atoms with Crippen LogP contribution in [-0.4, -0.2) is 17.0 Å². The Morgan fingerprint density at radius 3 is 1.52 bits per heavy atom. The van der Waals surface area contributed by atoms with E-state index in [0.717, 1.165) is 32.1 Å². The smallest absolute Gasteiger partial charge is 0.310 e. The Labute approximate surface area is 128 Å². The van der Waals surface area contributed by atoms with Crippen LogP contribution in [0, 0.1) is 0 Å². The van der Waals surface area contributed by atoms with E-state index in [4.69, 9.17) is 5.11 Å². The van der Waals surface area contributed by atoms with E-state index in [9.17, 15) is 9.59 Å². The van der Waals surface area contributed by atoms with E-state index in [0.29, 0.717) is 12.8 Å². The fourth-order valence-electron chi connectivity index (χ4n) is 2.29. The molecule has 0 fully saturated rings. The van der Waals surface area contributed by atoms with E-state index in [1.165, 1.54) is 44.8 Å². The first-order chi connectivity index (χ1) is 10.2. The van der Waals surface area contributed by atoms with E-state index in [1.54, 1.807) is 0 Å². The highest BCUT2D eigenvalue weighted by atomic mass is 16.5. The fourth-order valence-corrected chi connectivity index (χ4v) is 2.29. The molecule has 0 aromatic rings. The molecule has 0 spiro atoms. The number of rotatable bonds is 15. The van der Waals surface area contributed by atoms with Gasteiger partial charge in [0.15, 0.2) is 0 Å². The monoisotopic (exact) mass is 298 g/mol. The van der Waals surface area contributed by atoms with Crippen LogP contribution in [0.5, 0.6) is 0 Å². The van der Waals surface area contributed by atoms with Gasteiger partial charge in [-0.15, -0.1) is 0 Å². The maximum absolute atomic E-state index is 11.0. The van der Waals surface area contributed by atoms with Gasteiger partial charge in [0, 0.05) is 12.8 Å². The van der Waals surface area contributed by atoms with E-state index >= 15 is 0 Å². The molecule has 0 aliphatic rings. The molecule has 4 heteroatoms. The summed E-state index contributed by atoms with van der Waals surface area (Å²) in [6.07, 6.45) is 14.4. The topological polar surface area (TPSA) is 63.6 Å². The summed E-state index contributed by atoms with van der Waals surface area (Å²) in [5.74, 6) is -0.874. The van der Waals surface area contributed by atoms with Crippen molar-refractivity contribution in [2.24, 2.45) is 0 Å². The van der Waals surface area contributed by atoms with E-state index in [-0.39, 0.29) is 5.97 Å². The highest BCUT2D eigenvalue weighted by Gasteiger charge is 2.00. The molecule has 1 N–H and O–H groups in total. The number of aliphatic carboxylic acids is 1. The van der Waals surface area contributed by atoms with Crippen LogP contribution in [0.3, 0.4) is 0 Å². The molecule has 21 heavy (non-hydrogen) atoms. The number of esters is 1. The Morgan fingerprint density at radius 2 is 1.14 bits per heavy atom. The zero-order chi connectivity index (χ0) is 15.8. The highest BCUT2D eigenvalue weighted by Crippen LogP contribution is 2.12. The standard InChI is InChI=1S/C17H30O4/c1-2-21-17(20)15-13-11-9-7-5-3-4-6-8-10-12-14-16(18)19/h2H,1,3-15H2,(H,18,19). The van der Waals surface area contributed by atoms with Crippen LogP contribution in [0.4, 0.5) is 0 Å². The lowest BCUT2D eigenvalue weighted by atomic mass is 10.0. The molecule has 122 valence electrons. The SMILES string of the molecule is C=COC(=O)CCCCCCCCCCCCCC(=O)O. The second-order valence-corrected chi connectivity index (χ2v) is 5.44. The Morgan fingerprint density at radius 1 is 0.762 bits per heavy atom. The van der Waals surface area contributed by atoms with Crippen molar-refractivity contribution in [3.8, 4) is 0 Å². The minimum absolute atomic E-state index is 0.187. The van der Waals surface area contributed by atoms with E-state index in [1.807, 2.05) is 0 Å². The van der Waals surface area contributed by atoms with Crippen molar-refractivity contribution in [1.29, 1.82) is 0 Å². The van der Waals surface area contributed by atoms with Gasteiger partial charge in [-0.1, -0.05) is 64.4 Å². The summed E-state index contributed by atoms with van der Waals surface area (Å²) >= 11 is 0. The van der Waals surface area contributed by atoms with E-state index in [2.05, 4.69) is 11.3 Å². The molecule has 0 heterocycles. The molecular weight excluding hydrogens is 268 g/mol. The molecule has 0 radical (unpaired) electrons. The molecule has 0 unspecified atom stereocenters. The lowest BCUT2D eigenvalue weighted by Crippen LogP contribution is -1.98. The minimum Gasteiger partial charge on any atom is -0.481 e. The van der Waals surface area contributed by atoms with Gasteiger partial charge < -0.3 is 9.84 Å². The molecule has 0 saturated carbocycles. The number of hydrogen-bond donors (Lipinski definition) is 1. The van der Waals surface area contributed by atoms with Gasteiger partial charge in [0.25, 0.3) is 0 Å². The zero-order valence-electron chi connectivity index (χ0n) is 13.1. The van der Waals surface area contributed by atoms with Crippen LogP contribution in [0.25, 0.3) is 0 Å². The van der Waals surface area contributed by atoms with Crippen molar-refractivity contribution in [2.45, 2.75) is 83.5 Å². The predicted molar refractivity (Wildman–Crippen MR) is 83.9 cm³/mol. The average molecular weight is 298 g/mol. The maximum atomic E-state index is 11.0. The van der Waals surface area contributed by atoms with Gasteiger partial charge in [-0.3, -0.25) is 9.59 Å². The lowest BCUT2D eigenvalue weighted by Gasteiger charge is -2.02. The normalized spacial score (nSPS) is 10.3. The molecule has 0 aromatic carbocycles. The van der Waals surface area contributed by atoms with Crippen molar-refractivity contribution >= 4 is 11.9 Å². The van der Waals surface area contributed by atoms with Crippen LogP contribution < -0.4 is 0 Å². The quantitative estimate of drug-likeness (QED) is 0.267. The molecule has 4 nitrogen and oxygen atoms in total. The van der Waals surface area contributed by atoms with Gasteiger partial charge in [-0.25, -0.2) is 0 Å². The molecule has 0 atom stereocenters. The summed E-state index contributed by atoms with van der Waals surface area (Å²) in [6.45, 7) is 3.35. The number of carboxylic acids is 1. The van der Waals surface area contributed by atoms with Crippen LogP contribution in [0.15, 0.2) is 12.8 Å². The Balaban J connectivity index is 3.07. The van der Waals surface area contributed by atoms with Crippen molar-refractivity contribution in [2.75, 3.05) is 0 Å². The van der Waals surface area contributed by atoms with Gasteiger partial charge in [0.1, 0.15) is 0 Å². The molecule has 0 aromatic heterocycles. The first-order valence-electron chi connectivity index (χ1n) is 8.19. The molecule has 0 saturated heterocycles. The second-order valence-electron chi connectivity index (χ2n) is 5.44. The van der Waals surface area contributed by atoms with Crippen molar-refractivity contribution in [3.63, 3.8) is 0 Å². The molecule has 0 rings (SSSR count). The average Bonchev–Trinajstić information content (AvgIpc) is 2.44. The first-order valence-corrected chi connectivity index (χ1v) is 8.19. The van der Waals surface area contributed by atoms with E-state index < -0.39 is 5.97 Å². The summed E-state index contributed by atoms with van der Waals surface area (Å²) in [6, 6.07) is 0. The fraction of sp³-hybridized carbons (Fsp3) is 0.765. The zero-order valence-corrected chi connectivity index (χ0v) is 13.1. The highest BCUT2D eigenvalue weighted by molar-refractivity contribution is 5.69. The third-order valence-corrected chi connectivity index (χ3v) is 3.49. The summed E-state index contributed by atoms with van der Waals surface area (Å²) in [7, 11) is 0. The van der Waals surface area contributed by atoms with Crippen molar-refractivity contribution in [1.82, 2.24) is 0 Å². The summed E-state index contributed by atoms with van der Waals surface area (Å²) in [5.41, 5.74) is 0. The largest absolute Gasteiger partial charge is 0.481 e. The van der Waals surface area contributed by atoms with Crippen LogP contribution in [0.2, 0.25) is 0 Å². The molecule has 0 bridgehead atoms. The second kappa shape index (κ2) is 15.1. The van der Waals surface area contributed by atoms with Crippen molar-refractivity contribution in [3.05, 3.63) is 12.8 Å². The number of carbonyl (C=O) groups excluding carboxylic acids is 1. The van der Waals surface area contributed by atoms with Crippen LogP contribution in [-0.2, 0) is 14.3 Å². The predicted octanol–water partition coefficient (Wildman–Crippen LogP) is 4.83. The van der Waals surface area contributed by atoms with Gasteiger partial charge in [0.05, 0.1) is 6.26 Å². The lowest BCUT2D eigenvalue weighted by molar-refractivity contribution is -0.138. The Bertz CT molecular complexity index is 287. The molecule has 0 amide bonds. The van der Waals surface area contributed by atoms with Gasteiger partial charge in [0.2, 0.25) is 0 Å². The van der Waals surface area contributed by atoms with Gasteiger partial charge in [-0.2, -0.15) is 0 Å². The number of carboxylic acid groups (broad SMARTS) is 1. The summed E-state index contributed by atoms with van der Waals surface area (Å²) in [5, 5.41) is 8.50. The van der Waals surface area contributed by atoms with Gasteiger partial charge >= 0.3 is 11.9 Å². The molecule has 0 aliphatic heterocycles. The summed E-state index contributed by atoms with van der Waals surface area (Å²) < 4.78 is 4.65. The Hall–Kier alpha value is -1.32. The third-order valence-electron chi connectivity index (χ3n) is 3.49. The van der Waals surface area contributed by atoms with Crippen LogP contribution >= 0.6 is 0 Å². The summed E-state index contributed by atoms with van der Waals surface area (Å²) in [4.78, 5) is 21.4.